The number of carbonyl (C=O) groups is 1. The van der Waals surface area contributed by atoms with Gasteiger partial charge >= 0.3 is 0 Å². The van der Waals surface area contributed by atoms with Gasteiger partial charge in [-0.15, -0.1) is 0 Å². The van der Waals surface area contributed by atoms with E-state index >= 15 is 0 Å². The summed E-state index contributed by atoms with van der Waals surface area (Å²) in [4.78, 5) is 16.9. The minimum Gasteiger partial charge on any atom is -0.341 e. The Morgan fingerprint density at radius 1 is 1.13 bits per heavy atom. The number of hydrogen-bond acceptors (Lipinski definition) is 5. The van der Waals surface area contributed by atoms with Gasteiger partial charge < -0.3 is 5.32 Å². The molecule has 3 heterocycles. The zero-order valence-electron chi connectivity index (χ0n) is 16.0. The Kier molecular flexibility index (Phi) is 4.35. The molecule has 0 bridgehead atoms. The summed E-state index contributed by atoms with van der Waals surface area (Å²) in [5.41, 5.74) is 2.55. The van der Waals surface area contributed by atoms with Crippen molar-refractivity contribution in [1.29, 1.82) is 0 Å². The fourth-order valence-electron chi connectivity index (χ4n) is 3.82. The van der Waals surface area contributed by atoms with Crippen LogP contribution in [0.2, 0.25) is 5.02 Å². The lowest BCUT2D eigenvalue weighted by atomic mass is 9.95. The maximum Gasteiger partial charge on any atom is 0.252 e. The van der Waals surface area contributed by atoms with E-state index in [1.807, 2.05) is 0 Å². The highest BCUT2D eigenvalue weighted by molar-refractivity contribution is 7.90. The minimum atomic E-state index is -3.74. The van der Waals surface area contributed by atoms with E-state index in [2.05, 4.69) is 15.4 Å². The SMILES string of the molecule is CS(=O)(=O)c1cc(-c2ccc3ncnn3c2)cc2c1C(c1cc(F)ccc1Cl)NC2=O. The van der Waals surface area contributed by atoms with Gasteiger partial charge in [-0.05, 0) is 48.0 Å². The van der Waals surface area contributed by atoms with Crippen LogP contribution < -0.4 is 5.32 Å². The number of nitrogens with one attached hydrogen (secondary N) is 1. The monoisotopic (exact) mass is 456 g/mol. The van der Waals surface area contributed by atoms with Gasteiger partial charge in [0.05, 0.1) is 10.9 Å². The first kappa shape index (κ1) is 19.7. The molecule has 1 unspecified atom stereocenters. The van der Waals surface area contributed by atoms with Crippen molar-refractivity contribution in [2.75, 3.05) is 6.26 Å². The van der Waals surface area contributed by atoms with E-state index in [1.165, 1.54) is 30.6 Å². The van der Waals surface area contributed by atoms with Crippen molar-refractivity contribution in [2.24, 2.45) is 0 Å². The number of amides is 1. The molecule has 2 aromatic heterocycles. The van der Waals surface area contributed by atoms with E-state index in [0.29, 0.717) is 16.8 Å². The maximum atomic E-state index is 13.9. The number of nitrogens with zero attached hydrogens (tertiary/aromatic N) is 3. The highest BCUT2D eigenvalue weighted by Crippen LogP contribution is 2.41. The fraction of sp³-hybridized carbons (Fsp3) is 0.0952. The number of sulfone groups is 1. The molecular weight excluding hydrogens is 443 g/mol. The number of rotatable bonds is 3. The Morgan fingerprint density at radius 3 is 2.71 bits per heavy atom. The van der Waals surface area contributed by atoms with Gasteiger partial charge in [0.25, 0.3) is 5.91 Å². The second-order valence-electron chi connectivity index (χ2n) is 7.26. The zero-order chi connectivity index (χ0) is 21.9. The van der Waals surface area contributed by atoms with E-state index in [-0.39, 0.29) is 26.6 Å². The molecule has 0 saturated carbocycles. The Balaban J connectivity index is 1.76. The lowest BCUT2D eigenvalue weighted by molar-refractivity contribution is 0.0960. The van der Waals surface area contributed by atoms with Crippen molar-refractivity contribution in [3.05, 3.63) is 82.5 Å². The molecule has 10 heteroatoms. The van der Waals surface area contributed by atoms with Crippen LogP contribution >= 0.6 is 11.6 Å². The topological polar surface area (TPSA) is 93.4 Å². The maximum absolute atomic E-state index is 13.9. The summed E-state index contributed by atoms with van der Waals surface area (Å²) in [5, 5.41) is 7.05. The van der Waals surface area contributed by atoms with Crippen molar-refractivity contribution in [3.63, 3.8) is 0 Å². The number of pyridine rings is 1. The summed E-state index contributed by atoms with van der Waals surface area (Å²) in [6.07, 6.45) is 4.18. The van der Waals surface area contributed by atoms with E-state index < -0.39 is 27.6 Å². The number of carbonyl (C=O) groups excluding carboxylic acids is 1. The zero-order valence-corrected chi connectivity index (χ0v) is 17.6. The number of aromatic nitrogens is 3. The third kappa shape index (κ3) is 3.26. The smallest absolute Gasteiger partial charge is 0.252 e. The largest absolute Gasteiger partial charge is 0.341 e. The van der Waals surface area contributed by atoms with Crippen LogP contribution in [-0.4, -0.2) is 35.2 Å². The molecule has 5 rings (SSSR count). The van der Waals surface area contributed by atoms with Gasteiger partial charge in [-0.25, -0.2) is 22.3 Å². The molecule has 2 aromatic carbocycles. The van der Waals surface area contributed by atoms with Gasteiger partial charge in [-0.2, -0.15) is 5.10 Å². The van der Waals surface area contributed by atoms with Crippen LogP contribution in [0.15, 0.2) is 59.9 Å². The molecule has 156 valence electrons. The Labute approximate surface area is 181 Å². The van der Waals surface area contributed by atoms with Crippen LogP contribution in [0.1, 0.15) is 27.5 Å². The van der Waals surface area contributed by atoms with E-state index in [0.717, 1.165) is 6.26 Å². The predicted octanol–water partition coefficient (Wildman–Crippen LogP) is 3.43. The van der Waals surface area contributed by atoms with Crippen LogP contribution in [0.25, 0.3) is 16.8 Å². The Morgan fingerprint density at radius 2 is 1.94 bits per heavy atom. The van der Waals surface area contributed by atoms with Gasteiger partial charge in [-0.1, -0.05) is 11.6 Å². The van der Waals surface area contributed by atoms with Gasteiger partial charge in [0.2, 0.25) is 0 Å². The summed E-state index contributed by atoms with van der Waals surface area (Å²) in [7, 11) is -3.74. The molecule has 31 heavy (non-hydrogen) atoms. The number of hydrogen-bond donors (Lipinski definition) is 1. The summed E-state index contributed by atoms with van der Waals surface area (Å²) >= 11 is 6.25. The van der Waals surface area contributed by atoms with Gasteiger partial charge in [0.1, 0.15) is 12.1 Å². The first-order valence-corrected chi connectivity index (χ1v) is 11.4. The van der Waals surface area contributed by atoms with Gasteiger partial charge in [0.15, 0.2) is 15.5 Å². The summed E-state index contributed by atoms with van der Waals surface area (Å²) in [5.74, 6) is -1.00. The third-order valence-electron chi connectivity index (χ3n) is 5.23. The van der Waals surface area contributed by atoms with E-state index in [4.69, 9.17) is 11.6 Å². The van der Waals surface area contributed by atoms with E-state index in [9.17, 15) is 17.6 Å². The normalized spacial score (nSPS) is 15.8. The first-order chi connectivity index (χ1) is 14.7. The van der Waals surface area contributed by atoms with Crippen LogP contribution in [0.5, 0.6) is 0 Å². The van der Waals surface area contributed by atoms with Gasteiger partial charge in [0, 0.05) is 39.7 Å². The minimum absolute atomic E-state index is 0.0256. The number of fused-ring (bicyclic) bond motifs is 2. The Hall–Kier alpha value is -3.30. The average molecular weight is 457 g/mol. The lowest BCUT2D eigenvalue weighted by Crippen LogP contribution is -2.20. The molecule has 1 amide bonds. The van der Waals surface area contributed by atoms with Crippen LogP contribution in [-0.2, 0) is 9.84 Å². The lowest BCUT2D eigenvalue weighted by Gasteiger charge is -2.17. The Bertz CT molecular complexity index is 1500. The van der Waals surface area contributed by atoms with Crippen LogP contribution in [0.4, 0.5) is 4.39 Å². The molecule has 0 aliphatic carbocycles. The summed E-state index contributed by atoms with van der Waals surface area (Å²) < 4.78 is 40.9. The highest BCUT2D eigenvalue weighted by Gasteiger charge is 2.36. The molecular formula is C21H14ClFN4O3S. The molecule has 0 spiro atoms. The molecule has 1 atom stereocenters. The molecule has 7 nitrogen and oxygen atoms in total. The average Bonchev–Trinajstić information content (AvgIpc) is 3.32. The predicted molar refractivity (Wildman–Crippen MR) is 112 cm³/mol. The number of halogens is 2. The molecule has 1 N–H and O–H groups in total. The molecule has 1 aliphatic heterocycles. The molecule has 0 saturated heterocycles. The third-order valence-corrected chi connectivity index (χ3v) is 6.71. The first-order valence-electron chi connectivity index (χ1n) is 9.16. The summed E-state index contributed by atoms with van der Waals surface area (Å²) in [6, 6.07) is 9.51. The van der Waals surface area contributed by atoms with Crippen LogP contribution in [0.3, 0.4) is 0 Å². The molecule has 4 aromatic rings. The number of benzene rings is 2. The van der Waals surface area contributed by atoms with Crippen LogP contribution in [0, 0.1) is 5.82 Å². The fourth-order valence-corrected chi connectivity index (χ4v) is 5.02. The van der Waals surface area contributed by atoms with Crippen molar-refractivity contribution in [3.8, 4) is 11.1 Å². The molecule has 0 fully saturated rings. The van der Waals surface area contributed by atoms with Gasteiger partial charge in [-0.3, -0.25) is 4.79 Å². The van der Waals surface area contributed by atoms with Crippen molar-refractivity contribution in [2.45, 2.75) is 10.9 Å². The van der Waals surface area contributed by atoms with Crippen molar-refractivity contribution >= 4 is 33.0 Å². The molecule has 0 radical (unpaired) electrons. The summed E-state index contributed by atoms with van der Waals surface area (Å²) in [6.45, 7) is 0. The van der Waals surface area contributed by atoms with Crippen molar-refractivity contribution in [1.82, 2.24) is 19.9 Å². The second kappa shape index (κ2) is 6.86. The quantitative estimate of drug-likeness (QED) is 0.510. The van der Waals surface area contributed by atoms with E-state index in [1.54, 1.807) is 28.9 Å². The van der Waals surface area contributed by atoms with Crippen molar-refractivity contribution < 1.29 is 17.6 Å². The second-order valence-corrected chi connectivity index (χ2v) is 9.65. The molecule has 1 aliphatic rings. The standard InChI is InChI=1S/C21H14ClFN4O3S/c1-31(29,30)17-7-12(11-2-5-18-24-10-25-27(18)9-11)6-15-19(17)20(26-21(15)28)14-8-13(23)3-4-16(14)22/h2-10,20H,1H3,(H,26,28). The highest BCUT2D eigenvalue weighted by atomic mass is 35.5.